The Bertz CT molecular complexity index is 1220. The number of ether oxygens (including phenoxy) is 1. The van der Waals surface area contributed by atoms with E-state index in [2.05, 4.69) is 27.2 Å². The van der Waals surface area contributed by atoms with Crippen LogP contribution in [0.2, 0.25) is 0 Å². The maximum atomic E-state index is 12.0. The Hall–Kier alpha value is -2.59. The maximum Gasteiger partial charge on any atom is 0.243 e. The van der Waals surface area contributed by atoms with E-state index < -0.39 is 16.1 Å². The SMILES string of the molecule is CNS(=O)(=O)c1cc(C(O)CNCCOc2ccc3[nH]c4c(c3c2)CCCCC4)ccc1O. The number of sulfonamides is 1. The van der Waals surface area contributed by atoms with Crippen LogP contribution in [0.3, 0.4) is 0 Å². The molecule has 9 heteroatoms. The topological polar surface area (TPSA) is 124 Å². The molecule has 0 radical (unpaired) electrons. The van der Waals surface area contributed by atoms with Gasteiger partial charge in [-0.1, -0.05) is 12.5 Å². The number of phenols is 1. The first-order chi connectivity index (χ1) is 15.9. The van der Waals surface area contributed by atoms with Crippen LogP contribution in [0.1, 0.15) is 42.2 Å². The largest absolute Gasteiger partial charge is 0.507 e. The average Bonchev–Trinajstić information content (AvgIpc) is 2.98. The summed E-state index contributed by atoms with van der Waals surface area (Å²) in [5.74, 6) is 0.453. The lowest BCUT2D eigenvalue weighted by Crippen LogP contribution is -2.26. The lowest BCUT2D eigenvalue weighted by atomic mass is 10.1. The van der Waals surface area contributed by atoms with Gasteiger partial charge in [-0.25, -0.2) is 13.1 Å². The number of aliphatic hydroxyl groups excluding tert-OH is 1. The third kappa shape index (κ3) is 5.33. The molecule has 0 saturated heterocycles. The molecule has 0 spiro atoms. The molecule has 0 bridgehead atoms. The lowest BCUT2D eigenvalue weighted by molar-refractivity contribution is 0.171. The highest BCUT2D eigenvalue weighted by atomic mass is 32.2. The molecule has 178 valence electrons. The predicted molar refractivity (Wildman–Crippen MR) is 127 cm³/mol. The van der Waals surface area contributed by atoms with Crippen molar-refractivity contribution in [2.24, 2.45) is 0 Å². The number of phenolic OH excluding ortho intramolecular Hbond substituents is 1. The van der Waals surface area contributed by atoms with Crippen molar-refractivity contribution in [1.29, 1.82) is 0 Å². The second-order valence-electron chi connectivity index (χ2n) is 8.35. The number of H-pyrrole nitrogens is 1. The molecule has 0 aliphatic heterocycles. The van der Waals surface area contributed by atoms with E-state index in [4.69, 9.17) is 4.74 Å². The molecule has 1 aromatic heterocycles. The van der Waals surface area contributed by atoms with Crippen molar-refractivity contribution in [3.63, 3.8) is 0 Å². The van der Waals surface area contributed by atoms with E-state index in [0.717, 1.165) is 24.1 Å². The molecular formula is C24H31N3O5S. The van der Waals surface area contributed by atoms with Crippen molar-refractivity contribution in [2.45, 2.75) is 43.1 Å². The fourth-order valence-corrected chi connectivity index (χ4v) is 5.17. The maximum absolute atomic E-state index is 12.0. The zero-order chi connectivity index (χ0) is 23.4. The molecule has 1 aliphatic carbocycles. The number of nitrogens with one attached hydrogen (secondary N) is 3. The Morgan fingerprint density at radius 1 is 1.12 bits per heavy atom. The zero-order valence-corrected chi connectivity index (χ0v) is 19.5. The van der Waals surface area contributed by atoms with Gasteiger partial charge in [0.15, 0.2) is 0 Å². The molecule has 2 aromatic carbocycles. The molecule has 33 heavy (non-hydrogen) atoms. The van der Waals surface area contributed by atoms with Gasteiger partial charge in [0.1, 0.15) is 23.0 Å². The minimum absolute atomic E-state index is 0.220. The van der Waals surface area contributed by atoms with Crippen LogP contribution in [0.15, 0.2) is 41.3 Å². The Kier molecular flexibility index (Phi) is 7.23. The van der Waals surface area contributed by atoms with Gasteiger partial charge in [0.2, 0.25) is 10.0 Å². The molecule has 1 atom stereocenters. The third-order valence-corrected chi connectivity index (χ3v) is 7.58. The highest BCUT2D eigenvalue weighted by Crippen LogP contribution is 2.31. The number of rotatable bonds is 9. The van der Waals surface area contributed by atoms with E-state index >= 15 is 0 Å². The number of fused-ring (bicyclic) bond motifs is 3. The van der Waals surface area contributed by atoms with Gasteiger partial charge in [-0.3, -0.25) is 0 Å². The van der Waals surface area contributed by atoms with Crippen LogP contribution >= 0.6 is 0 Å². The van der Waals surface area contributed by atoms with Gasteiger partial charge in [-0.2, -0.15) is 0 Å². The molecule has 4 rings (SSSR count). The normalized spacial score (nSPS) is 15.2. The summed E-state index contributed by atoms with van der Waals surface area (Å²) < 4.78 is 32.1. The molecule has 3 aromatic rings. The summed E-state index contributed by atoms with van der Waals surface area (Å²) in [4.78, 5) is 3.29. The van der Waals surface area contributed by atoms with Gasteiger partial charge >= 0.3 is 0 Å². The molecule has 8 nitrogen and oxygen atoms in total. The van der Waals surface area contributed by atoms with Crippen molar-refractivity contribution in [3.05, 3.63) is 53.2 Å². The number of aromatic amines is 1. The second-order valence-corrected chi connectivity index (χ2v) is 10.2. The highest BCUT2D eigenvalue weighted by Gasteiger charge is 2.19. The number of hydrogen-bond acceptors (Lipinski definition) is 6. The van der Waals surface area contributed by atoms with E-state index in [-0.39, 0.29) is 17.2 Å². The summed E-state index contributed by atoms with van der Waals surface area (Å²) in [7, 11) is -2.55. The van der Waals surface area contributed by atoms with Crippen molar-refractivity contribution >= 4 is 20.9 Å². The quantitative estimate of drug-likeness (QED) is 0.241. The van der Waals surface area contributed by atoms with E-state index in [1.807, 2.05) is 6.07 Å². The summed E-state index contributed by atoms with van der Waals surface area (Å²) in [5, 5.41) is 24.6. The molecule has 1 heterocycles. The van der Waals surface area contributed by atoms with Gasteiger partial charge < -0.3 is 25.3 Å². The van der Waals surface area contributed by atoms with Gasteiger partial charge in [0, 0.05) is 29.7 Å². The Morgan fingerprint density at radius 3 is 2.76 bits per heavy atom. The van der Waals surface area contributed by atoms with E-state index in [1.165, 1.54) is 61.2 Å². The molecule has 1 unspecified atom stereocenters. The smallest absolute Gasteiger partial charge is 0.243 e. The number of aliphatic hydroxyl groups is 1. The van der Waals surface area contributed by atoms with Crippen LogP contribution in [-0.2, 0) is 22.9 Å². The fraction of sp³-hybridized carbons (Fsp3) is 0.417. The minimum Gasteiger partial charge on any atom is -0.507 e. The van der Waals surface area contributed by atoms with Gasteiger partial charge in [-0.05, 0) is 74.2 Å². The standard InChI is InChI=1S/C24H31N3O5S/c1-25-33(30,31)24-13-16(7-10-22(24)28)23(29)15-26-11-12-32-17-8-9-21-19(14-17)18-5-3-2-4-6-20(18)27-21/h7-10,13-14,23,25-29H,2-6,11-12,15H2,1H3. The van der Waals surface area contributed by atoms with E-state index in [9.17, 15) is 18.6 Å². The summed E-state index contributed by atoms with van der Waals surface area (Å²) in [6.07, 6.45) is 5.01. The van der Waals surface area contributed by atoms with Gasteiger partial charge in [-0.15, -0.1) is 0 Å². The number of aromatic hydroxyl groups is 1. The summed E-state index contributed by atoms with van der Waals surface area (Å²) in [6, 6.07) is 10.2. The first kappa shape index (κ1) is 23.6. The van der Waals surface area contributed by atoms with Gasteiger partial charge in [0.05, 0.1) is 6.10 Å². The van der Waals surface area contributed by atoms with Crippen molar-refractivity contribution in [3.8, 4) is 11.5 Å². The van der Waals surface area contributed by atoms with Crippen LogP contribution in [0.25, 0.3) is 10.9 Å². The van der Waals surface area contributed by atoms with Crippen molar-refractivity contribution < 1.29 is 23.4 Å². The fourth-order valence-electron chi connectivity index (χ4n) is 4.31. The van der Waals surface area contributed by atoms with E-state index in [0.29, 0.717) is 18.7 Å². The first-order valence-electron chi connectivity index (χ1n) is 11.3. The Labute approximate surface area is 194 Å². The number of aryl methyl sites for hydroxylation is 2. The van der Waals surface area contributed by atoms with Crippen molar-refractivity contribution in [2.75, 3.05) is 26.7 Å². The monoisotopic (exact) mass is 473 g/mol. The minimum atomic E-state index is -3.82. The van der Waals surface area contributed by atoms with Crippen LogP contribution < -0.4 is 14.8 Å². The summed E-state index contributed by atoms with van der Waals surface area (Å²) in [5.41, 5.74) is 4.33. The van der Waals surface area contributed by atoms with Crippen LogP contribution in [0.4, 0.5) is 0 Å². The number of hydrogen-bond donors (Lipinski definition) is 5. The molecule has 0 amide bonds. The molecule has 1 aliphatic rings. The van der Waals surface area contributed by atoms with Crippen LogP contribution in [0, 0.1) is 0 Å². The molecule has 0 saturated carbocycles. The predicted octanol–water partition coefficient (Wildman–Crippen LogP) is 2.75. The van der Waals surface area contributed by atoms with Gasteiger partial charge in [0.25, 0.3) is 0 Å². The molecule has 5 N–H and O–H groups in total. The second kappa shape index (κ2) is 10.1. The first-order valence-corrected chi connectivity index (χ1v) is 12.8. The van der Waals surface area contributed by atoms with Crippen molar-refractivity contribution in [1.82, 2.24) is 15.0 Å². The molecule has 0 fully saturated rings. The number of aromatic nitrogens is 1. The van der Waals surface area contributed by atoms with E-state index in [1.54, 1.807) is 0 Å². The molecular weight excluding hydrogens is 442 g/mol. The highest BCUT2D eigenvalue weighted by molar-refractivity contribution is 7.89. The Balaban J connectivity index is 1.30. The van der Waals surface area contributed by atoms with Crippen LogP contribution in [-0.4, -0.2) is 50.4 Å². The zero-order valence-electron chi connectivity index (χ0n) is 18.7. The Morgan fingerprint density at radius 2 is 1.94 bits per heavy atom. The summed E-state index contributed by atoms with van der Waals surface area (Å²) >= 11 is 0. The third-order valence-electron chi connectivity index (χ3n) is 6.13. The lowest BCUT2D eigenvalue weighted by Gasteiger charge is -2.14. The number of benzene rings is 2. The average molecular weight is 474 g/mol. The van der Waals surface area contributed by atoms with Crippen LogP contribution in [0.5, 0.6) is 11.5 Å². The summed E-state index contributed by atoms with van der Waals surface area (Å²) in [6.45, 7) is 1.16.